The second-order valence-corrected chi connectivity index (χ2v) is 8.19. The van der Waals surface area contributed by atoms with Crippen LogP contribution in [0.25, 0.3) is 0 Å². The second-order valence-electron chi connectivity index (χ2n) is 4.49. The maximum atomic E-state index is 11.6. The molecule has 1 aromatic rings. The van der Waals surface area contributed by atoms with Gasteiger partial charge in [-0.3, -0.25) is 4.99 Å². The number of nitrogens with two attached hydrogens (primary N) is 1. The van der Waals surface area contributed by atoms with Crippen LogP contribution < -0.4 is 5.14 Å². The van der Waals surface area contributed by atoms with E-state index in [1.54, 1.807) is 25.1 Å². The molecule has 0 aromatic heterocycles. The Balaban J connectivity index is 2.64. The van der Waals surface area contributed by atoms with Gasteiger partial charge in [-0.25, -0.2) is 13.6 Å². The van der Waals surface area contributed by atoms with Crippen LogP contribution in [0, 0.1) is 0 Å². The lowest BCUT2D eigenvalue weighted by Crippen LogP contribution is -2.42. The third kappa shape index (κ3) is 2.95. The summed E-state index contributed by atoms with van der Waals surface area (Å²) in [6.07, 6.45) is 0. The van der Waals surface area contributed by atoms with Crippen molar-refractivity contribution in [1.82, 2.24) is 4.90 Å². The van der Waals surface area contributed by atoms with Gasteiger partial charge in [0.15, 0.2) is 10.9 Å². The van der Waals surface area contributed by atoms with Gasteiger partial charge >= 0.3 is 0 Å². The molecular weight excluding hydrogens is 402 g/mol. The van der Waals surface area contributed by atoms with Gasteiger partial charge in [0.25, 0.3) is 0 Å². The van der Waals surface area contributed by atoms with Gasteiger partial charge in [-0.05, 0) is 28.1 Å². The van der Waals surface area contributed by atoms with E-state index < -0.39 is 15.7 Å². The van der Waals surface area contributed by atoms with Crippen LogP contribution in [-0.2, 0) is 15.7 Å². The monoisotopic (exact) mass is 413 g/mol. The third-order valence-electron chi connectivity index (χ3n) is 3.20. The summed E-state index contributed by atoms with van der Waals surface area (Å²) in [5.74, 6) is 0.314. The average Bonchev–Trinajstić information content (AvgIpc) is 2.68. The van der Waals surface area contributed by atoms with Crippen LogP contribution in [0.15, 0.2) is 26.5 Å². The molecule has 0 amide bonds. The zero-order valence-electron chi connectivity index (χ0n) is 11.2. The summed E-state index contributed by atoms with van der Waals surface area (Å²) < 4.78 is 23.6. The minimum Gasteiger partial charge on any atom is -0.366 e. The van der Waals surface area contributed by atoms with Crippen LogP contribution in [-0.4, -0.2) is 43.4 Å². The van der Waals surface area contributed by atoms with E-state index in [9.17, 15) is 13.5 Å². The van der Waals surface area contributed by atoms with Crippen molar-refractivity contribution < 1.29 is 13.5 Å². The first-order chi connectivity index (χ1) is 9.61. The van der Waals surface area contributed by atoms with E-state index in [2.05, 4.69) is 20.9 Å². The highest BCUT2D eigenvalue weighted by Crippen LogP contribution is 2.41. The quantitative estimate of drug-likeness (QED) is 0.765. The number of aliphatic imine (C=N–C) groups is 1. The molecule has 116 valence electrons. The number of thioether (sulfide) groups is 1. The zero-order valence-corrected chi connectivity index (χ0v) is 15.1. The molecule has 0 radical (unpaired) electrons. The number of sulfonamides is 1. The number of hydrogen-bond acceptors (Lipinski definition) is 5. The highest BCUT2D eigenvalue weighted by molar-refractivity contribution is 9.10. The van der Waals surface area contributed by atoms with Crippen molar-refractivity contribution in [3.8, 4) is 0 Å². The molecule has 1 fully saturated rings. The smallest absolute Gasteiger partial charge is 0.239 e. The molecule has 1 heterocycles. The lowest BCUT2D eigenvalue weighted by molar-refractivity contribution is -0.0350. The Kier molecular flexibility index (Phi) is 4.63. The standard InChI is InChI=1S/C11H13BrClN3O3S2/c1-15-10-16(2)11(17,5-20-10)6-3-7(12)9(13)8(4-6)21(14,18)19/h3-4,17H,5H2,1-2H3,(H2,14,18,19). The third-order valence-corrected chi connectivity index (χ3v) is 6.77. The van der Waals surface area contributed by atoms with E-state index in [1.165, 1.54) is 17.8 Å². The van der Waals surface area contributed by atoms with Crippen LogP contribution >= 0.6 is 39.3 Å². The fourth-order valence-electron chi connectivity index (χ4n) is 2.01. The number of benzene rings is 1. The minimum atomic E-state index is -4.00. The van der Waals surface area contributed by atoms with E-state index in [1.807, 2.05) is 0 Å². The van der Waals surface area contributed by atoms with Crippen molar-refractivity contribution in [3.63, 3.8) is 0 Å². The minimum absolute atomic E-state index is 0.0115. The SMILES string of the molecule is CN=C1SCC(O)(c2cc(Br)c(Cl)c(S(N)(=O)=O)c2)N1C. The number of rotatable bonds is 2. The molecule has 0 spiro atoms. The molecule has 6 nitrogen and oxygen atoms in total. The molecule has 1 atom stereocenters. The summed E-state index contributed by atoms with van der Waals surface area (Å²) in [5.41, 5.74) is -1.01. The van der Waals surface area contributed by atoms with Gasteiger partial charge in [0.1, 0.15) is 4.90 Å². The van der Waals surface area contributed by atoms with Gasteiger partial charge in [0, 0.05) is 24.1 Å². The molecule has 1 aliphatic heterocycles. The fraction of sp³-hybridized carbons (Fsp3) is 0.364. The summed E-state index contributed by atoms with van der Waals surface area (Å²) in [6.45, 7) is 0. The lowest BCUT2D eigenvalue weighted by atomic mass is 10.0. The normalized spacial score (nSPS) is 24.9. The Hall–Kier alpha value is -0.320. The van der Waals surface area contributed by atoms with Crippen molar-refractivity contribution in [2.75, 3.05) is 19.8 Å². The first-order valence-electron chi connectivity index (χ1n) is 5.69. The van der Waals surface area contributed by atoms with E-state index in [0.717, 1.165) is 0 Å². The topological polar surface area (TPSA) is 96.0 Å². The molecule has 1 aromatic carbocycles. The summed E-state index contributed by atoms with van der Waals surface area (Å²) in [4.78, 5) is 5.42. The molecule has 21 heavy (non-hydrogen) atoms. The Bertz CT molecular complexity index is 726. The Morgan fingerprint density at radius 1 is 1.57 bits per heavy atom. The zero-order chi connectivity index (χ0) is 16.0. The Labute approximate surface area is 140 Å². The molecule has 0 bridgehead atoms. The number of aliphatic hydroxyl groups is 1. The van der Waals surface area contributed by atoms with Crippen LogP contribution in [0.1, 0.15) is 5.56 Å². The molecule has 1 unspecified atom stereocenters. The largest absolute Gasteiger partial charge is 0.366 e. The molecule has 10 heteroatoms. The van der Waals surface area contributed by atoms with E-state index in [0.29, 0.717) is 21.0 Å². The van der Waals surface area contributed by atoms with Gasteiger partial charge in [-0.15, -0.1) is 0 Å². The molecule has 0 saturated carbocycles. The molecule has 1 aliphatic rings. The number of primary sulfonamides is 1. The van der Waals surface area contributed by atoms with Crippen LogP contribution in [0.5, 0.6) is 0 Å². The predicted octanol–water partition coefficient (Wildman–Crippen LogP) is 1.56. The van der Waals surface area contributed by atoms with Crippen molar-refractivity contribution in [3.05, 3.63) is 27.2 Å². The van der Waals surface area contributed by atoms with E-state index in [4.69, 9.17) is 16.7 Å². The molecule has 2 rings (SSSR count). The first kappa shape index (κ1) is 17.0. The van der Waals surface area contributed by atoms with Crippen molar-refractivity contribution in [2.45, 2.75) is 10.6 Å². The Morgan fingerprint density at radius 2 is 2.19 bits per heavy atom. The van der Waals surface area contributed by atoms with Crippen molar-refractivity contribution in [2.24, 2.45) is 10.1 Å². The van der Waals surface area contributed by atoms with Crippen LogP contribution in [0.3, 0.4) is 0 Å². The number of amidine groups is 1. The summed E-state index contributed by atoms with van der Waals surface area (Å²) >= 11 is 10.5. The number of halogens is 2. The van der Waals surface area contributed by atoms with Crippen molar-refractivity contribution in [1.29, 1.82) is 0 Å². The summed E-state index contributed by atoms with van der Waals surface area (Å²) in [5, 5.41) is 16.7. The summed E-state index contributed by atoms with van der Waals surface area (Å²) in [6, 6.07) is 2.87. The first-order valence-corrected chi connectivity index (χ1v) is 9.39. The van der Waals surface area contributed by atoms with Gasteiger partial charge in [-0.2, -0.15) is 0 Å². The van der Waals surface area contributed by atoms with Crippen LogP contribution in [0.4, 0.5) is 0 Å². The molecule has 3 N–H and O–H groups in total. The molecule has 1 saturated heterocycles. The van der Waals surface area contributed by atoms with Gasteiger partial charge < -0.3 is 10.0 Å². The van der Waals surface area contributed by atoms with E-state index in [-0.39, 0.29) is 9.92 Å². The van der Waals surface area contributed by atoms with Gasteiger partial charge in [0.2, 0.25) is 10.0 Å². The fourth-order valence-corrected chi connectivity index (χ4v) is 4.85. The summed E-state index contributed by atoms with van der Waals surface area (Å²) in [7, 11) is -0.695. The van der Waals surface area contributed by atoms with Crippen molar-refractivity contribution >= 4 is 54.5 Å². The van der Waals surface area contributed by atoms with E-state index >= 15 is 0 Å². The highest BCUT2D eigenvalue weighted by atomic mass is 79.9. The number of hydrogen-bond donors (Lipinski definition) is 2. The second kappa shape index (κ2) is 5.71. The van der Waals surface area contributed by atoms with Gasteiger partial charge in [-0.1, -0.05) is 23.4 Å². The van der Waals surface area contributed by atoms with Gasteiger partial charge in [0.05, 0.1) is 10.8 Å². The van der Waals surface area contributed by atoms with Crippen LogP contribution in [0.2, 0.25) is 5.02 Å². The lowest BCUT2D eigenvalue weighted by Gasteiger charge is -2.31. The highest BCUT2D eigenvalue weighted by Gasteiger charge is 2.43. The molecular formula is C11H13BrClN3O3S2. The molecule has 0 aliphatic carbocycles. The number of nitrogens with zero attached hydrogens (tertiary/aromatic N) is 2. The maximum absolute atomic E-state index is 11.6. The maximum Gasteiger partial charge on any atom is 0.239 e. The average molecular weight is 415 g/mol. The predicted molar refractivity (Wildman–Crippen MR) is 88.0 cm³/mol. The Morgan fingerprint density at radius 3 is 2.67 bits per heavy atom.